The third kappa shape index (κ3) is 5.57. The average Bonchev–Trinajstić information content (AvgIpc) is 3.19. The fourth-order valence-electron chi connectivity index (χ4n) is 4.89. The third-order valence-corrected chi connectivity index (χ3v) is 6.35. The lowest BCUT2D eigenvalue weighted by Crippen LogP contribution is -2.17. The van der Waals surface area contributed by atoms with Gasteiger partial charge in [-0.25, -0.2) is 0 Å². The molecule has 28 heavy (non-hydrogen) atoms. The van der Waals surface area contributed by atoms with E-state index in [2.05, 4.69) is 49.4 Å². The van der Waals surface area contributed by atoms with Crippen LogP contribution >= 0.6 is 0 Å². The van der Waals surface area contributed by atoms with E-state index < -0.39 is 0 Å². The molecule has 3 rings (SSSR count). The Morgan fingerprint density at radius 1 is 1.29 bits per heavy atom. The van der Waals surface area contributed by atoms with Gasteiger partial charge in [-0.3, -0.25) is 4.79 Å². The highest BCUT2D eigenvalue weighted by atomic mass is 16.5. The summed E-state index contributed by atoms with van der Waals surface area (Å²) in [6.45, 7) is 2.13. The van der Waals surface area contributed by atoms with Crippen molar-refractivity contribution in [3.8, 4) is 0 Å². The van der Waals surface area contributed by atoms with Crippen LogP contribution in [0, 0.1) is 24.7 Å². The minimum Gasteiger partial charge on any atom is -0.469 e. The normalized spacial score (nSPS) is 26.5. The number of unbranched alkanes of at least 4 members (excludes halogenated alkanes) is 1. The van der Waals surface area contributed by atoms with Crippen molar-refractivity contribution in [1.82, 2.24) is 0 Å². The highest BCUT2D eigenvalue weighted by molar-refractivity contribution is 5.68. The number of rotatable bonds is 9. The molecule has 0 radical (unpaired) electrons. The van der Waals surface area contributed by atoms with Crippen LogP contribution in [0.1, 0.15) is 56.1 Å². The molecular weight excluding hydrogens is 349 g/mol. The Labute approximate surface area is 169 Å². The third-order valence-electron chi connectivity index (χ3n) is 6.35. The molecular formula is C25H34O3. The van der Waals surface area contributed by atoms with Crippen molar-refractivity contribution in [2.45, 2.75) is 64.4 Å². The lowest BCUT2D eigenvalue weighted by Gasteiger charge is -2.18. The molecule has 0 aromatic heterocycles. The molecule has 2 aliphatic carbocycles. The van der Waals surface area contributed by atoms with Crippen molar-refractivity contribution in [2.24, 2.45) is 17.8 Å². The van der Waals surface area contributed by atoms with Crippen molar-refractivity contribution in [1.29, 1.82) is 0 Å². The van der Waals surface area contributed by atoms with Gasteiger partial charge in [0.05, 0.1) is 13.2 Å². The molecule has 0 unspecified atom stereocenters. The summed E-state index contributed by atoms with van der Waals surface area (Å²) in [7, 11) is 1.45. The van der Waals surface area contributed by atoms with Crippen LogP contribution < -0.4 is 0 Å². The number of hydrogen-bond acceptors (Lipinski definition) is 3. The zero-order chi connectivity index (χ0) is 19.9. The minimum atomic E-state index is -0.206. The zero-order valence-corrected chi connectivity index (χ0v) is 17.3. The Kier molecular flexibility index (Phi) is 7.50. The van der Waals surface area contributed by atoms with Crippen LogP contribution in [0.4, 0.5) is 0 Å². The van der Waals surface area contributed by atoms with E-state index in [-0.39, 0.29) is 18.0 Å². The van der Waals surface area contributed by atoms with Gasteiger partial charge >= 0.3 is 5.97 Å². The number of methoxy groups -OCH3 is 1. The molecule has 0 saturated heterocycles. The number of esters is 1. The van der Waals surface area contributed by atoms with Gasteiger partial charge in [-0.2, -0.15) is 0 Å². The molecule has 1 aromatic rings. The van der Waals surface area contributed by atoms with Crippen molar-refractivity contribution >= 4 is 5.97 Å². The van der Waals surface area contributed by atoms with Crippen LogP contribution in [0.3, 0.4) is 0 Å². The largest absolute Gasteiger partial charge is 0.469 e. The monoisotopic (exact) mass is 383 g/mol. The number of aryl methyl sites for hydroxylation is 2. The van der Waals surface area contributed by atoms with Gasteiger partial charge in [0, 0.05) is 12.3 Å². The average molecular weight is 384 g/mol. The van der Waals surface area contributed by atoms with Gasteiger partial charge in [0.15, 0.2) is 0 Å². The first-order chi connectivity index (χ1) is 13.6. The SMILES string of the molecule is COC(=O)CCCCC1=C[C@H]2C[C@@H](O)[C@H](/C=C/CCc3cccc([13CH3])c3)[C@H]2C1. The second-order valence-corrected chi connectivity index (χ2v) is 8.48. The van der Waals surface area contributed by atoms with Crippen molar-refractivity contribution < 1.29 is 14.6 Å². The number of hydrogen-bond donors (Lipinski definition) is 1. The Hall–Kier alpha value is -1.87. The molecule has 4 atom stereocenters. The molecule has 1 saturated carbocycles. The molecule has 0 aliphatic heterocycles. The van der Waals surface area contributed by atoms with E-state index in [0.717, 1.165) is 44.9 Å². The highest BCUT2D eigenvalue weighted by Crippen LogP contribution is 2.48. The fourth-order valence-corrected chi connectivity index (χ4v) is 4.89. The second kappa shape index (κ2) is 10.1. The number of carbonyl (C=O) groups excluding carboxylic acids is 1. The summed E-state index contributed by atoms with van der Waals surface area (Å²) in [5, 5.41) is 10.5. The van der Waals surface area contributed by atoms with Gasteiger partial charge in [0.2, 0.25) is 0 Å². The zero-order valence-electron chi connectivity index (χ0n) is 17.3. The Morgan fingerprint density at radius 2 is 2.14 bits per heavy atom. The number of ether oxygens (including phenoxy) is 1. The predicted octanol–water partition coefficient (Wildman–Crippen LogP) is 5.16. The molecule has 1 fully saturated rings. The van der Waals surface area contributed by atoms with E-state index in [4.69, 9.17) is 4.74 Å². The first kappa shape index (κ1) is 20.9. The Morgan fingerprint density at radius 3 is 2.93 bits per heavy atom. The van der Waals surface area contributed by atoms with E-state index in [1.165, 1.54) is 23.8 Å². The molecule has 1 aromatic carbocycles. The van der Waals surface area contributed by atoms with E-state index in [9.17, 15) is 9.90 Å². The predicted molar refractivity (Wildman–Crippen MR) is 113 cm³/mol. The number of aliphatic hydroxyl groups excluding tert-OH is 1. The van der Waals surface area contributed by atoms with E-state index in [1.807, 2.05) is 0 Å². The van der Waals surface area contributed by atoms with Gasteiger partial charge in [0.25, 0.3) is 0 Å². The van der Waals surface area contributed by atoms with Crippen molar-refractivity contribution in [3.63, 3.8) is 0 Å². The Bertz CT molecular complexity index is 718. The van der Waals surface area contributed by atoms with Gasteiger partial charge in [0.1, 0.15) is 0 Å². The summed E-state index contributed by atoms with van der Waals surface area (Å²) in [6.07, 6.45) is 14.4. The van der Waals surface area contributed by atoms with E-state index >= 15 is 0 Å². The first-order valence-corrected chi connectivity index (χ1v) is 10.7. The van der Waals surface area contributed by atoms with Crippen molar-refractivity contribution in [3.05, 3.63) is 59.2 Å². The van der Waals surface area contributed by atoms with Crippen LogP contribution in [0.15, 0.2) is 48.1 Å². The number of fused-ring (bicyclic) bond motifs is 1. The maximum Gasteiger partial charge on any atom is 0.305 e. The van der Waals surface area contributed by atoms with Crippen LogP contribution in [-0.2, 0) is 16.0 Å². The number of carbonyl (C=O) groups is 1. The second-order valence-electron chi connectivity index (χ2n) is 8.48. The number of allylic oxidation sites excluding steroid dienone is 3. The van der Waals surface area contributed by atoms with Crippen LogP contribution in [0.25, 0.3) is 0 Å². The van der Waals surface area contributed by atoms with Crippen molar-refractivity contribution in [2.75, 3.05) is 7.11 Å². The van der Waals surface area contributed by atoms with Gasteiger partial charge < -0.3 is 9.84 Å². The Balaban J connectivity index is 1.44. The van der Waals surface area contributed by atoms with E-state index in [0.29, 0.717) is 18.3 Å². The van der Waals surface area contributed by atoms with Gasteiger partial charge in [-0.1, -0.05) is 53.6 Å². The summed E-state index contributed by atoms with van der Waals surface area (Å²) in [4.78, 5) is 11.2. The summed E-state index contributed by atoms with van der Waals surface area (Å²) in [5.41, 5.74) is 4.21. The summed E-state index contributed by atoms with van der Waals surface area (Å²) < 4.78 is 4.70. The molecule has 0 spiro atoms. The fraction of sp³-hybridized carbons (Fsp3) is 0.560. The lowest BCUT2D eigenvalue weighted by atomic mass is 9.88. The maximum atomic E-state index is 11.2. The summed E-state index contributed by atoms with van der Waals surface area (Å²) in [5.74, 6) is 1.25. The lowest BCUT2D eigenvalue weighted by molar-refractivity contribution is -0.140. The highest BCUT2D eigenvalue weighted by Gasteiger charge is 2.42. The topological polar surface area (TPSA) is 46.5 Å². The first-order valence-electron chi connectivity index (χ1n) is 10.7. The maximum absolute atomic E-state index is 11.2. The molecule has 2 aliphatic rings. The van der Waals surface area contributed by atoms with Gasteiger partial charge in [-0.05, 0) is 69.3 Å². The molecule has 0 bridgehead atoms. The molecule has 0 amide bonds. The number of aliphatic hydroxyl groups is 1. The van der Waals surface area contributed by atoms with Gasteiger partial charge in [-0.15, -0.1) is 0 Å². The van der Waals surface area contributed by atoms with E-state index in [1.54, 1.807) is 0 Å². The standard InChI is InChI=1S/C25H34O3/c1-18-8-7-11-19(14-18)9-3-5-12-22-23-16-20(15-21(23)17-24(22)26)10-4-6-13-25(27)28-2/h5,7-8,11-12,14-15,21-24,26H,3-4,6,9-10,13,16-17H2,1-2H3/b12-5+/t21-,22+,23-,24+/m0/s1/i1+1. The van der Waals surface area contributed by atoms with Crippen LogP contribution in [0.2, 0.25) is 0 Å². The number of benzene rings is 1. The smallest absolute Gasteiger partial charge is 0.305 e. The quantitative estimate of drug-likeness (QED) is 0.277. The molecule has 152 valence electrons. The molecule has 0 heterocycles. The molecule has 3 heteroatoms. The summed E-state index contributed by atoms with van der Waals surface area (Å²) in [6, 6.07) is 8.70. The minimum absolute atomic E-state index is 0.115. The molecule has 1 N–H and O–H groups in total. The summed E-state index contributed by atoms with van der Waals surface area (Å²) >= 11 is 0. The van der Waals surface area contributed by atoms with Crippen LogP contribution in [0.5, 0.6) is 0 Å². The molecule has 3 nitrogen and oxygen atoms in total. The van der Waals surface area contributed by atoms with Crippen LogP contribution in [-0.4, -0.2) is 24.3 Å².